The number of anilines is 1. The molecule has 5 nitrogen and oxygen atoms in total. The van der Waals surface area contributed by atoms with Crippen LogP contribution in [0.1, 0.15) is 25.0 Å². The molecular weight excluding hydrogens is 290 g/mol. The van der Waals surface area contributed by atoms with Crippen molar-refractivity contribution in [1.29, 1.82) is 0 Å². The van der Waals surface area contributed by atoms with Gasteiger partial charge in [-0.1, -0.05) is 13.8 Å². The van der Waals surface area contributed by atoms with Gasteiger partial charge in [-0.15, -0.1) is 0 Å². The number of H-pyrrole nitrogens is 1. The zero-order valence-electron chi connectivity index (χ0n) is 14.2. The van der Waals surface area contributed by atoms with E-state index in [2.05, 4.69) is 48.1 Å². The van der Waals surface area contributed by atoms with Gasteiger partial charge in [0.2, 0.25) is 5.91 Å². The number of benzene rings is 1. The molecule has 0 saturated heterocycles. The molecule has 2 heterocycles. The quantitative estimate of drug-likeness (QED) is 0.794. The lowest BCUT2D eigenvalue weighted by Gasteiger charge is -2.32. The fourth-order valence-electron chi connectivity index (χ4n) is 3.68. The van der Waals surface area contributed by atoms with E-state index in [1.54, 1.807) is 0 Å². The summed E-state index contributed by atoms with van der Waals surface area (Å²) in [6.07, 6.45) is 2.61. The Labute approximate surface area is 136 Å². The molecule has 1 amide bonds. The summed E-state index contributed by atoms with van der Waals surface area (Å²) in [5, 5.41) is 13.8. The van der Waals surface area contributed by atoms with Gasteiger partial charge >= 0.3 is 0 Å². The SMILES string of the molecule is Cc1cc2c3c(c[nH]c3c1)C[C@@H](CO)NC(=O)[C@H](C(C)C)N2C. The summed E-state index contributed by atoms with van der Waals surface area (Å²) in [5.41, 5.74) is 4.44. The Bertz CT molecular complexity index is 735. The van der Waals surface area contributed by atoms with Crippen molar-refractivity contribution in [3.8, 4) is 0 Å². The van der Waals surface area contributed by atoms with Gasteiger partial charge in [0, 0.05) is 29.8 Å². The smallest absolute Gasteiger partial charge is 0.243 e. The molecule has 0 spiro atoms. The third-order valence-corrected chi connectivity index (χ3v) is 4.72. The van der Waals surface area contributed by atoms with E-state index in [4.69, 9.17) is 0 Å². The summed E-state index contributed by atoms with van der Waals surface area (Å²) in [5.74, 6) is 0.140. The first kappa shape index (κ1) is 15.9. The van der Waals surface area contributed by atoms with Gasteiger partial charge in [-0.2, -0.15) is 0 Å². The minimum absolute atomic E-state index is 0.0228. The van der Waals surface area contributed by atoms with E-state index in [0.717, 1.165) is 27.7 Å². The number of aromatic amines is 1. The fourth-order valence-corrected chi connectivity index (χ4v) is 3.68. The van der Waals surface area contributed by atoms with Crippen LogP contribution in [-0.4, -0.2) is 41.7 Å². The van der Waals surface area contributed by atoms with Gasteiger partial charge in [-0.05, 0) is 42.5 Å². The molecule has 0 unspecified atom stereocenters. The summed E-state index contributed by atoms with van der Waals surface area (Å²) in [7, 11) is 1.98. The summed E-state index contributed by atoms with van der Waals surface area (Å²) in [4.78, 5) is 18.2. The zero-order chi connectivity index (χ0) is 16.7. The molecule has 0 fully saturated rings. The highest BCUT2D eigenvalue weighted by Crippen LogP contribution is 2.34. The molecule has 2 atom stereocenters. The average molecular weight is 315 g/mol. The first-order valence-corrected chi connectivity index (χ1v) is 8.17. The summed E-state index contributed by atoms with van der Waals surface area (Å²) < 4.78 is 0. The van der Waals surface area contributed by atoms with Crippen LogP contribution in [0.5, 0.6) is 0 Å². The highest BCUT2D eigenvalue weighted by molar-refractivity contribution is 5.98. The van der Waals surface area contributed by atoms with Crippen molar-refractivity contribution in [2.75, 3.05) is 18.6 Å². The molecule has 124 valence electrons. The largest absolute Gasteiger partial charge is 0.394 e. The van der Waals surface area contributed by atoms with Crippen LogP contribution in [0.3, 0.4) is 0 Å². The molecule has 2 aromatic rings. The first-order chi connectivity index (χ1) is 10.9. The van der Waals surface area contributed by atoms with Crippen LogP contribution in [0.4, 0.5) is 5.69 Å². The number of carbonyl (C=O) groups is 1. The topological polar surface area (TPSA) is 68.4 Å². The van der Waals surface area contributed by atoms with E-state index in [1.165, 1.54) is 0 Å². The molecule has 1 aromatic heterocycles. The van der Waals surface area contributed by atoms with Crippen molar-refractivity contribution in [2.24, 2.45) is 5.92 Å². The van der Waals surface area contributed by atoms with Gasteiger partial charge in [0.25, 0.3) is 0 Å². The van der Waals surface area contributed by atoms with Crippen LogP contribution in [0.2, 0.25) is 0 Å². The van der Waals surface area contributed by atoms with Crippen molar-refractivity contribution in [3.63, 3.8) is 0 Å². The Hall–Kier alpha value is -2.01. The molecule has 1 aliphatic rings. The Morgan fingerprint density at radius 3 is 2.78 bits per heavy atom. The Balaban J connectivity index is 2.24. The zero-order valence-corrected chi connectivity index (χ0v) is 14.2. The van der Waals surface area contributed by atoms with Crippen LogP contribution in [0, 0.1) is 12.8 Å². The number of nitrogens with zero attached hydrogens (tertiary/aromatic N) is 1. The van der Waals surface area contributed by atoms with E-state index in [1.807, 2.05) is 13.2 Å². The minimum atomic E-state index is -0.269. The molecule has 0 aliphatic carbocycles. The van der Waals surface area contributed by atoms with Gasteiger partial charge in [-0.25, -0.2) is 0 Å². The van der Waals surface area contributed by atoms with E-state index in [-0.39, 0.29) is 30.5 Å². The molecule has 1 aliphatic heterocycles. The predicted octanol–water partition coefficient (Wildman–Crippen LogP) is 1.97. The molecule has 1 aromatic carbocycles. The second-order valence-corrected chi connectivity index (χ2v) is 6.91. The number of nitrogens with one attached hydrogen (secondary N) is 2. The minimum Gasteiger partial charge on any atom is -0.394 e. The summed E-state index contributed by atoms with van der Waals surface area (Å²) in [6, 6.07) is 3.74. The predicted molar refractivity (Wildman–Crippen MR) is 92.8 cm³/mol. The van der Waals surface area contributed by atoms with Crippen molar-refractivity contribution in [1.82, 2.24) is 10.3 Å². The fraction of sp³-hybridized carbons (Fsp3) is 0.500. The molecule has 5 heteroatoms. The van der Waals surface area contributed by atoms with Crippen LogP contribution in [-0.2, 0) is 11.2 Å². The molecule has 0 saturated carbocycles. The lowest BCUT2D eigenvalue weighted by atomic mass is 9.99. The maximum atomic E-state index is 12.7. The van der Waals surface area contributed by atoms with Gasteiger partial charge in [0.1, 0.15) is 6.04 Å². The van der Waals surface area contributed by atoms with Crippen molar-refractivity contribution >= 4 is 22.5 Å². The number of aliphatic hydroxyl groups is 1. The van der Waals surface area contributed by atoms with Crippen molar-refractivity contribution < 1.29 is 9.90 Å². The molecule has 0 radical (unpaired) electrons. The molecule has 3 rings (SSSR count). The van der Waals surface area contributed by atoms with Crippen LogP contribution in [0.25, 0.3) is 10.9 Å². The summed E-state index contributed by atoms with van der Waals surface area (Å²) >= 11 is 0. The second kappa shape index (κ2) is 5.89. The molecular formula is C18H25N3O2. The van der Waals surface area contributed by atoms with E-state index < -0.39 is 0 Å². The first-order valence-electron chi connectivity index (χ1n) is 8.17. The number of aliphatic hydroxyl groups excluding tert-OH is 1. The van der Waals surface area contributed by atoms with Crippen LogP contribution < -0.4 is 10.2 Å². The lowest BCUT2D eigenvalue weighted by Crippen LogP contribution is -2.52. The maximum Gasteiger partial charge on any atom is 0.243 e. The van der Waals surface area contributed by atoms with Crippen molar-refractivity contribution in [3.05, 3.63) is 29.5 Å². The Morgan fingerprint density at radius 1 is 1.39 bits per heavy atom. The highest BCUT2D eigenvalue weighted by atomic mass is 16.3. The van der Waals surface area contributed by atoms with Gasteiger partial charge in [0.05, 0.1) is 12.6 Å². The number of rotatable bonds is 2. The number of amides is 1. The Kier molecular flexibility index (Phi) is 4.06. The van der Waals surface area contributed by atoms with E-state index in [9.17, 15) is 9.90 Å². The molecule has 23 heavy (non-hydrogen) atoms. The number of hydrogen-bond donors (Lipinski definition) is 3. The van der Waals surface area contributed by atoms with Crippen molar-refractivity contribution in [2.45, 2.75) is 39.3 Å². The maximum absolute atomic E-state index is 12.7. The molecule has 0 bridgehead atoms. The number of carbonyl (C=O) groups excluding carboxylic acids is 1. The van der Waals surface area contributed by atoms with E-state index >= 15 is 0 Å². The Morgan fingerprint density at radius 2 is 2.13 bits per heavy atom. The number of aryl methyl sites for hydroxylation is 1. The lowest BCUT2D eigenvalue weighted by molar-refractivity contribution is -0.124. The summed E-state index contributed by atoms with van der Waals surface area (Å²) in [6.45, 7) is 6.11. The normalized spacial score (nSPS) is 22.0. The highest BCUT2D eigenvalue weighted by Gasteiger charge is 2.31. The molecule has 3 N–H and O–H groups in total. The monoisotopic (exact) mass is 315 g/mol. The average Bonchev–Trinajstić information content (AvgIpc) is 2.88. The van der Waals surface area contributed by atoms with Gasteiger partial charge < -0.3 is 20.3 Å². The standard InChI is InChI=1S/C18H25N3O2/c1-10(2)17-18(23)20-13(9-22)7-12-8-19-14-5-11(3)6-15(16(12)14)21(17)4/h5-6,8,10,13,17,19,22H,7,9H2,1-4H3,(H,20,23)/t13-,17-/m0/s1. The van der Waals surface area contributed by atoms with Gasteiger partial charge in [-0.3, -0.25) is 4.79 Å². The number of aromatic nitrogens is 1. The number of likely N-dealkylation sites (N-methyl/N-ethyl adjacent to an activating group) is 1. The second-order valence-electron chi connectivity index (χ2n) is 6.91. The van der Waals surface area contributed by atoms with E-state index in [0.29, 0.717) is 6.42 Å². The third kappa shape index (κ3) is 2.70. The van der Waals surface area contributed by atoms with Gasteiger partial charge in [0.15, 0.2) is 0 Å². The van der Waals surface area contributed by atoms with Crippen LogP contribution >= 0.6 is 0 Å². The number of hydrogen-bond acceptors (Lipinski definition) is 3. The third-order valence-electron chi connectivity index (χ3n) is 4.72. The van der Waals surface area contributed by atoms with Crippen LogP contribution in [0.15, 0.2) is 18.3 Å².